The second kappa shape index (κ2) is 9.20. The van der Waals surface area contributed by atoms with Crippen molar-refractivity contribution in [1.29, 1.82) is 0 Å². The summed E-state index contributed by atoms with van der Waals surface area (Å²) in [6, 6.07) is 5.38. The summed E-state index contributed by atoms with van der Waals surface area (Å²) in [5.41, 5.74) is 5.05. The summed E-state index contributed by atoms with van der Waals surface area (Å²) in [6.07, 6.45) is 5.96. The van der Waals surface area contributed by atoms with E-state index in [1.165, 1.54) is 18.7 Å². The van der Waals surface area contributed by atoms with Gasteiger partial charge in [-0.25, -0.2) is 4.79 Å². The lowest BCUT2D eigenvalue weighted by Gasteiger charge is -2.27. The summed E-state index contributed by atoms with van der Waals surface area (Å²) in [7, 11) is 3.54. The maximum Gasteiger partial charge on any atom is 0.341 e. The van der Waals surface area contributed by atoms with E-state index in [1.54, 1.807) is 18.0 Å². The molecule has 164 valence electrons. The number of benzene rings is 1. The summed E-state index contributed by atoms with van der Waals surface area (Å²) >= 11 is 0. The van der Waals surface area contributed by atoms with Gasteiger partial charge < -0.3 is 14.4 Å². The van der Waals surface area contributed by atoms with Crippen molar-refractivity contribution in [2.24, 2.45) is 7.05 Å². The fraction of sp³-hybridized carbons (Fsp3) is 0.375. The van der Waals surface area contributed by atoms with E-state index in [0.29, 0.717) is 6.54 Å². The van der Waals surface area contributed by atoms with Crippen LogP contribution in [0.2, 0.25) is 0 Å². The van der Waals surface area contributed by atoms with Crippen molar-refractivity contribution >= 4 is 5.97 Å². The van der Waals surface area contributed by atoms with Gasteiger partial charge in [0.25, 0.3) is 0 Å². The van der Waals surface area contributed by atoms with Crippen LogP contribution >= 0.6 is 0 Å². The molecule has 1 aromatic carbocycles. The lowest BCUT2D eigenvalue weighted by atomic mass is 9.87. The zero-order valence-corrected chi connectivity index (χ0v) is 18.7. The van der Waals surface area contributed by atoms with E-state index in [9.17, 15) is 14.7 Å². The lowest BCUT2D eigenvalue weighted by Crippen LogP contribution is -2.22. The Bertz CT molecular complexity index is 1170. The summed E-state index contributed by atoms with van der Waals surface area (Å²) in [6.45, 7) is 6.95. The first-order valence-corrected chi connectivity index (χ1v) is 10.6. The van der Waals surface area contributed by atoms with E-state index >= 15 is 0 Å². The summed E-state index contributed by atoms with van der Waals surface area (Å²) in [4.78, 5) is 23.7. The predicted molar refractivity (Wildman–Crippen MR) is 121 cm³/mol. The van der Waals surface area contributed by atoms with Gasteiger partial charge in [0.05, 0.1) is 18.5 Å². The highest BCUT2D eigenvalue weighted by molar-refractivity contribution is 5.88. The molecule has 0 amide bonds. The van der Waals surface area contributed by atoms with Crippen molar-refractivity contribution in [2.75, 3.05) is 7.11 Å². The first kappa shape index (κ1) is 22.3. The molecule has 0 radical (unpaired) electrons. The third kappa shape index (κ3) is 4.00. The van der Waals surface area contributed by atoms with Crippen LogP contribution in [0.5, 0.6) is 5.75 Å². The first-order valence-electron chi connectivity index (χ1n) is 10.6. The second-order valence-corrected chi connectivity index (χ2v) is 7.55. The van der Waals surface area contributed by atoms with Crippen LogP contribution in [-0.2, 0) is 26.4 Å². The number of nitrogens with zero attached hydrogens (tertiary/aromatic N) is 3. The van der Waals surface area contributed by atoms with Crippen LogP contribution in [0.1, 0.15) is 48.7 Å². The third-order valence-corrected chi connectivity index (χ3v) is 5.39. The monoisotopic (exact) mass is 423 g/mol. The number of carboxylic acid groups (broad SMARTS) is 1. The number of pyridine rings is 1. The first-order chi connectivity index (χ1) is 14.9. The maximum absolute atomic E-state index is 12.4. The van der Waals surface area contributed by atoms with Gasteiger partial charge in [0, 0.05) is 43.2 Å². The molecule has 7 nitrogen and oxygen atoms in total. The van der Waals surface area contributed by atoms with Crippen molar-refractivity contribution in [3.8, 4) is 28.3 Å². The number of carboxylic acids is 1. The standard InChI is InChI=1S/C21H21N3O4.C3H8/c1-4-12-13-6-8-24-11-16(21(26)27)19(25)10-18(24)14(13)9-15(20(12)28-3)17-5-7-22-23(17)2;1-3-2/h5,7,9-11H,4,6,8H2,1-3H3,(H,26,27);3H2,1-2H3. The van der Waals surface area contributed by atoms with Gasteiger partial charge in [-0.2, -0.15) is 5.10 Å². The quantitative estimate of drug-likeness (QED) is 0.681. The number of methoxy groups -OCH3 is 1. The Labute approximate surface area is 181 Å². The molecule has 7 heteroatoms. The summed E-state index contributed by atoms with van der Waals surface area (Å²) in [5, 5.41) is 13.5. The smallest absolute Gasteiger partial charge is 0.341 e. The zero-order chi connectivity index (χ0) is 22.7. The molecule has 0 unspecified atom stereocenters. The number of rotatable bonds is 4. The number of carbonyl (C=O) groups is 1. The molecule has 0 fully saturated rings. The van der Waals surface area contributed by atoms with Crippen LogP contribution < -0.4 is 10.2 Å². The molecule has 2 aromatic heterocycles. The molecule has 1 aliphatic heterocycles. The minimum Gasteiger partial charge on any atom is -0.496 e. The Morgan fingerprint density at radius 2 is 1.90 bits per heavy atom. The Balaban J connectivity index is 0.000000858. The van der Waals surface area contributed by atoms with Crippen molar-refractivity contribution in [2.45, 2.75) is 46.6 Å². The molecule has 1 aliphatic rings. The Morgan fingerprint density at radius 3 is 2.45 bits per heavy atom. The van der Waals surface area contributed by atoms with Gasteiger partial charge in [-0.3, -0.25) is 9.48 Å². The zero-order valence-electron chi connectivity index (χ0n) is 18.7. The number of aromatic carboxylic acids is 1. The normalized spacial score (nSPS) is 11.8. The SMILES string of the molecule is CCC.CCc1c2c(cc(-c3ccnn3C)c1OC)-c1cc(=O)c(C(=O)O)cn1CC2. The molecular formula is C24H29N3O4. The van der Waals surface area contributed by atoms with Crippen LogP contribution in [0.15, 0.2) is 35.4 Å². The van der Waals surface area contributed by atoms with Crippen molar-refractivity contribution in [1.82, 2.24) is 14.3 Å². The molecule has 0 aliphatic carbocycles. The van der Waals surface area contributed by atoms with Crippen LogP contribution in [0, 0.1) is 0 Å². The molecule has 0 spiro atoms. The minimum atomic E-state index is -1.20. The Kier molecular flexibility index (Phi) is 6.63. The highest BCUT2D eigenvalue weighted by Crippen LogP contribution is 2.42. The van der Waals surface area contributed by atoms with Crippen LogP contribution in [0.3, 0.4) is 0 Å². The van der Waals surface area contributed by atoms with Gasteiger partial charge >= 0.3 is 5.97 Å². The average Bonchev–Trinajstić information content (AvgIpc) is 3.17. The van der Waals surface area contributed by atoms with E-state index in [2.05, 4.69) is 25.9 Å². The fourth-order valence-electron chi connectivity index (χ4n) is 4.09. The number of hydrogen-bond donors (Lipinski definition) is 1. The van der Waals surface area contributed by atoms with Crippen LogP contribution in [-0.4, -0.2) is 32.5 Å². The summed E-state index contributed by atoms with van der Waals surface area (Å²) < 4.78 is 9.43. The van der Waals surface area contributed by atoms with Crippen molar-refractivity contribution in [3.63, 3.8) is 0 Å². The van der Waals surface area contributed by atoms with Crippen LogP contribution in [0.25, 0.3) is 22.5 Å². The highest BCUT2D eigenvalue weighted by Gasteiger charge is 2.26. The van der Waals surface area contributed by atoms with E-state index in [-0.39, 0.29) is 5.56 Å². The molecule has 0 saturated carbocycles. The minimum absolute atomic E-state index is 0.205. The van der Waals surface area contributed by atoms with E-state index in [0.717, 1.165) is 52.2 Å². The summed E-state index contributed by atoms with van der Waals surface area (Å²) in [5.74, 6) is -0.381. The molecule has 0 saturated heterocycles. The number of ether oxygens (including phenoxy) is 1. The molecule has 4 rings (SSSR count). The van der Waals surface area contributed by atoms with Crippen LogP contribution in [0.4, 0.5) is 0 Å². The number of fused-ring (bicyclic) bond motifs is 3. The van der Waals surface area contributed by atoms with E-state index < -0.39 is 11.4 Å². The van der Waals surface area contributed by atoms with Crippen molar-refractivity contribution < 1.29 is 14.6 Å². The lowest BCUT2D eigenvalue weighted by molar-refractivity contribution is 0.0694. The Morgan fingerprint density at radius 1 is 1.19 bits per heavy atom. The predicted octanol–water partition coefficient (Wildman–Crippen LogP) is 4.16. The van der Waals surface area contributed by atoms with Gasteiger partial charge in [-0.15, -0.1) is 0 Å². The largest absolute Gasteiger partial charge is 0.496 e. The van der Waals surface area contributed by atoms with E-state index in [4.69, 9.17) is 4.74 Å². The number of aryl methyl sites for hydroxylation is 2. The van der Waals surface area contributed by atoms with E-state index in [1.807, 2.05) is 23.7 Å². The molecular weight excluding hydrogens is 394 g/mol. The van der Waals surface area contributed by atoms with Crippen molar-refractivity contribution in [3.05, 3.63) is 57.5 Å². The fourth-order valence-corrected chi connectivity index (χ4v) is 4.09. The number of hydrogen-bond acceptors (Lipinski definition) is 4. The van der Waals surface area contributed by atoms with Gasteiger partial charge in [0.1, 0.15) is 11.3 Å². The molecule has 31 heavy (non-hydrogen) atoms. The van der Waals surface area contributed by atoms with Gasteiger partial charge in [0.15, 0.2) is 5.43 Å². The third-order valence-electron chi connectivity index (χ3n) is 5.39. The number of aromatic nitrogens is 3. The average molecular weight is 424 g/mol. The van der Waals surface area contributed by atoms with Gasteiger partial charge in [-0.1, -0.05) is 27.2 Å². The van der Waals surface area contributed by atoms with Gasteiger partial charge in [0.2, 0.25) is 0 Å². The molecule has 1 N–H and O–H groups in total. The molecule has 3 aromatic rings. The Hall–Kier alpha value is -3.35. The maximum atomic E-state index is 12.4. The van der Waals surface area contributed by atoms with Gasteiger partial charge in [-0.05, 0) is 36.1 Å². The topological polar surface area (TPSA) is 86.3 Å². The second-order valence-electron chi connectivity index (χ2n) is 7.55. The highest BCUT2D eigenvalue weighted by atomic mass is 16.5. The molecule has 0 bridgehead atoms. The molecule has 0 atom stereocenters. The molecule has 3 heterocycles.